The van der Waals surface area contributed by atoms with Crippen LogP contribution < -0.4 is 5.32 Å². The van der Waals surface area contributed by atoms with E-state index in [-0.39, 0.29) is 5.91 Å². The molecule has 0 saturated carbocycles. The lowest BCUT2D eigenvalue weighted by Gasteiger charge is -2.16. The van der Waals surface area contributed by atoms with Crippen LogP contribution in [0.3, 0.4) is 0 Å². The maximum Gasteiger partial charge on any atom is 0.258 e. The van der Waals surface area contributed by atoms with E-state index in [4.69, 9.17) is 4.52 Å². The van der Waals surface area contributed by atoms with E-state index in [0.29, 0.717) is 17.4 Å². The maximum absolute atomic E-state index is 12.2. The van der Waals surface area contributed by atoms with Crippen molar-refractivity contribution in [1.29, 1.82) is 0 Å². The molecule has 0 fully saturated rings. The van der Waals surface area contributed by atoms with Gasteiger partial charge in [-0.05, 0) is 44.2 Å². The zero-order valence-corrected chi connectivity index (χ0v) is 11.8. The van der Waals surface area contributed by atoms with Gasteiger partial charge >= 0.3 is 0 Å². The Bertz CT molecular complexity index is 628. The molecule has 1 heterocycles. The van der Waals surface area contributed by atoms with Crippen molar-refractivity contribution in [3.8, 4) is 0 Å². The lowest BCUT2D eigenvalue weighted by Crippen LogP contribution is -2.15. The Balaban J connectivity index is 1.80. The summed E-state index contributed by atoms with van der Waals surface area (Å²) in [4.78, 5) is 12.2. The van der Waals surface area contributed by atoms with Crippen molar-refractivity contribution in [2.24, 2.45) is 5.92 Å². The molecule has 1 amide bonds. The number of hydrogen-bond acceptors (Lipinski definition) is 3. The minimum absolute atomic E-state index is 0.151. The molecule has 1 N–H and O–H groups in total. The lowest BCUT2D eigenvalue weighted by atomic mass is 9.89. The highest BCUT2D eigenvalue weighted by atomic mass is 16.5. The third-order valence-corrected chi connectivity index (χ3v) is 3.84. The smallest absolute Gasteiger partial charge is 0.258 e. The third kappa shape index (κ3) is 2.46. The molecule has 0 bridgehead atoms. The number of carbonyl (C=O) groups is 1. The molecule has 1 aromatic heterocycles. The van der Waals surface area contributed by atoms with Crippen molar-refractivity contribution in [2.75, 3.05) is 5.32 Å². The average Bonchev–Trinajstić information content (AvgIpc) is 2.82. The van der Waals surface area contributed by atoms with Gasteiger partial charge in [0.25, 0.3) is 5.91 Å². The van der Waals surface area contributed by atoms with Crippen LogP contribution in [0.1, 0.15) is 40.5 Å². The monoisotopic (exact) mass is 270 g/mol. The molecule has 1 aromatic carbocycles. The highest BCUT2D eigenvalue weighted by Crippen LogP contribution is 2.30. The molecule has 0 spiro atoms. The van der Waals surface area contributed by atoms with Gasteiger partial charge in [-0.1, -0.05) is 29.8 Å². The van der Waals surface area contributed by atoms with Crippen LogP contribution in [-0.4, -0.2) is 11.1 Å². The van der Waals surface area contributed by atoms with Crippen molar-refractivity contribution in [3.63, 3.8) is 0 Å². The Labute approximate surface area is 118 Å². The van der Waals surface area contributed by atoms with Crippen LogP contribution in [0.25, 0.3) is 0 Å². The number of aromatic nitrogens is 1. The molecule has 104 valence electrons. The fraction of sp³-hybridized carbons (Fsp3) is 0.375. The normalized spacial score (nSPS) is 17.6. The second-order valence-corrected chi connectivity index (χ2v) is 5.61. The second kappa shape index (κ2) is 5.12. The Morgan fingerprint density at radius 2 is 2.10 bits per heavy atom. The number of rotatable bonds is 2. The van der Waals surface area contributed by atoms with E-state index in [9.17, 15) is 4.79 Å². The average molecular weight is 270 g/mol. The van der Waals surface area contributed by atoms with Crippen molar-refractivity contribution in [3.05, 3.63) is 46.6 Å². The van der Waals surface area contributed by atoms with Gasteiger partial charge in [0.2, 0.25) is 5.88 Å². The van der Waals surface area contributed by atoms with E-state index in [1.54, 1.807) is 0 Å². The molecule has 0 unspecified atom stereocenters. The fourth-order valence-corrected chi connectivity index (χ4v) is 2.56. The first-order chi connectivity index (χ1) is 9.63. The van der Waals surface area contributed by atoms with Crippen molar-refractivity contribution in [2.45, 2.75) is 33.1 Å². The zero-order valence-electron chi connectivity index (χ0n) is 11.8. The van der Waals surface area contributed by atoms with Crippen LogP contribution in [0.2, 0.25) is 0 Å². The molecule has 3 rings (SSSR count). The Kier molecular flexibility index (Phi) is 3.30. The fourth-order valence-electron chi connectivity index (χ4n) is 2.56. The van der Waals surface area contributed by atoms with Crippen molar-refractivity contribution in [1.82, 2.24) is 5.16 Å². The first-order valence-corrected chi connectivity index (χ1v) is 6.99. The number of carbonyl (C=O) groups excluding carboxylic acids is 1. The van der Waals surface area contributed by atoms with Crippen LogP contribution in [0.15, 0.2) is 28.8 Å². The predicted octanol–water partition coefficient (Wildman–Crippen LogP) is 3.36. The van der Waals surface area contributed by atoms with Gasteiger partial charge in [0.05, 0.1) is 5.69 Å². The predicted molar refractivity (Wildman–Crippen MR) is 76.8 cm³/mol. The number of amides is 1. The minimum Gasteiger partial charge on any atom is -0.338 e. The standard InChI is InChI=1S/C16H18N2O2/c1-10-3-6-12(7-4-10)15(19)17-16-13-9-11(2)5-8-14(13)18-20-16/h3-4,6-7,11H,5,8-9H2,1-2H3,(H,17,19)/t11-/m1/s1. The van der Waals surface area contributed by atoms with Gasteiger partial charge in [-0.25, -0.2) is 0 Å². The summed E-state index contributed by atoms with van der Waals surface area (Å²) in [7, 11) is 0. The molecule has 4 heteroatoms. The lowest BCUT2D eigenvalue weighted by molar-refractivity contribution is 0.102. The number of hydrogen-bond donors (Lipinski definition) is 1. The van der Waals surface area contributed by atoms with Crippen molar-refractivity contribution >= 4 is 11.8 Å². The SMILES string of the molecule is Cc1ccc(C(=O)Nc2onc3c2C[C@H](C)CC3)cc1. The second-order valence-electron chi connectivity index (χ2n) is 5.61. The van der Waals surface area contributed by atoms with Crippen LogP contribution in [0, 0.1) is 12.8 Å². The Morgan fingerprint density at radius 3 is 2.85 bits per heavy atom. The number of benzene rings is 1. The van der Waals surface area contributed by atoms with Gasteiger partial charge in [0.15, 0.2) is 0 Å². The van der Waals surface area contributed by atoms with Gasteiger partial charge in [0.1, 0.15) is 0 Å². The van der Waals surface area contributed by atoms with E-state index in [0.717, 1.165) is 36.1 Å². The van der Waals surface area contributed by atoms with E-state index in [1.165, 1.54) is 0 Å². The highest BCUT2D eigenvalue weighted by molar-refractivity contribution is 6.03. The summed E-state index contributed by atoms with van der Waals surface area (Å²) in [5, 5.41) is 6.90. The molecule has 1 aliphatic carbocycles. The molecular weight excluding hydrogens is 252 g/mol. The third-order valence-electron chi connectivity index (χ3n) is 3.84. The van der Waals surface area contributed by atoms with E-state index in [1.807, 2.05) is 31.2 Å². The molecule has 0 radical (unpaired) electrons. The molecule has 0 aliphatic heterocycles. The number of fused-ring (bicyclic) bond motifs is 1. The molecule has 2 aromatic rings. The summed E-state index contributed by atoms with van der Waals surface area (Å²) < 4.78 is 5.30. The molecule has 1 atom stereocenters. The van der Waals surface area contributed by atoms with E-state index < -0.39 is 0 Å². The summed E-state index contributed by atoms with van der Waals surface area (Å²) in [6.07, 6.45) is 2.98. The van der Waals surface area contributed by atoms with Gasteiger partial charge in [0, 0.05) is 11.1 Å². The molecule has 1 aliphatic rings. The van der Waals surface area contributed by atoms with Crippen LogP contribution in [0.5, 0.6) is 0 Å². The Hall–Kier alpha value is -2.10. The highest BCUT2D eigenvalue weighted by Gasteiger charge is 2.24. The van der Waals surface area contributed by atoms with Gasteiger partial charge in [-0.2, -0.15) is 0 Å². The molecular formula is C16H18N2O2. The minimum atomic E-state index is -0.151. The molecule has 20 heavy (non-hydrogen) atoms. The van der Waals surface area contributed by atoms with Gasteiger partial charge < -0.3 is 4.52 Å². The summed E-state index contributed by atoms with van der Waals surface area (Å²) in [5.41, 5.74) is 3.81. The summed E-state index contributed by atoms with van der Waals surface area (Å²) >= 11 is 0. The zero-order chi connectivity index (χ0) is 14.1. The quantitative estimate of drug-likeness (QED) is 0.910. The van der Waals surface area contributed by atoms with Gasteiger partial charge in [-0.3, -0.25) is 10.1 Å². The topological polar surface area (TPSA) is 55.1 Å². The van der Waals surface area contributed by atoms with Crippen molar-refractivity contribution < 1.29 is 9.32 Å². The molecule has 4 nitrogen and oxygen atoms in total. The number of aryl methyl sites for hydroxylation is 2. The van der Waals surface area contributed by atoms with E-state index >= 15 is 0 Å². The Morgan fingerprint density at radius 1 is 1.35 bits per heavy atom. The maximum atomic E-state index is 12.2. The summed E-state index contributed by atoms with van der Waals surface area (Å²) in [6.45, 7) is 4.21. The first-order valence-electron chi connectivity index (χ1n) is 6.99. The molecule has 0 saturated heterocycles. The first kappa shape index (κ1) is 12.9. The number of nitrogens with one attached hydrogen (secondary N) is 1. The van der Waals surface area contributed by atoms with Gasteiger partial charge in [-0.15, -0.1) is 0 Å². The van der Waals surface area contributed by atoms with Crippen LogP contribution >= 0.6 is 0 Å². The largest absolute Gasteiger partial charge is 0.338 e. The van der Waals surface area contributed by atoms with Crippen LogP contribution in [0.4, 0.5) is 5.88 Å². The summed E-state index contributed by atoms with van der Waals surface area (Å²) in [6, 6.07) is 7.48. The van der Waals surface area contributed by atoms with Crippen LogP contribution in [-0.2, 0) is 12.8 Å². The number of nitrogens with zero attached hydrogens (tertiary/aromatic N) is 1. The number of anilines is 1. The summed E-state index contributed by atoms with van der Waals surface area (Å²) in [5.74, 6) is 0.969. The van der Waals surface area contributed by atoms with E-state index in [2.05, 4.69) is 17.4 Å².